The Hall–Kier alpha value is -3.10. The Morgan fingerprint density at radius 3 is 2.26 bits per heavy atom. The zero-order valence-corrected chi connectivity index (χ0v) is 17.7. The largest absolute Gasteiger partial charge is 0.497 e. The molecule has 6 nitrogen and oxygen atoms in total. The molecule has 0 aliphatic heterocycles. The van der Waals surface area contributed by atoms with E-state index in [0.717, 1.165) is 16.9 Å². The molecule has 9 heteroatoms. The van der Waals surface area contributed by atoms with Crippen molar-refractivity contribution in [3.8, 4) is 23.0 Å². The van der Waals surface area contributed by atoms with Crippen molar-refractivity contribution in [2.75, 3.05) is 34.5 Å². The molecule has 0 bridgehead atoms. The number of nitrogens with one attached hydrogen (secondary N) is 1. The van der Waals surface area contributed by atoms with Crippen LogP contribution in [0.25, 0.3) is 0 Å². The number of amides is 1. The second-order valence-corrected chi connectivity index (χ2v) is 6.67. The van der Waals surface area contributed by atoms with Gasteiger partial charge < -0.3 is 24.3 Å². The lowest BCUT2D eigenvalue weighted by atomic mass is 10.1. The zero-order valence-electron chi connectivity index (χ0n) is 17.7. The number of benzene rings is 2. The molecule has 2 rings (SSSR count). The van der Waals surface area contributed by atoms with E-state index in [1.54, 1.807) is 32.4 Å². The Labute approximate surface area is 179 Å². The molecule has 0 aliphatic carbocycles. The van der Waals surface area contributed by atoms with Crippen molar-refractivity contribution in [1.29, 1.82) is 0 Å². The molecule has 0 spiro atoms. The molecule has 1 N–H and O–H groups in total. The fourth-order valence-corrected chi connectivity index (χ4v) is 2.91. The predicted molar refractivity (Wildman–Crippen MR) is 109 cm³/mol. The molecule has 0 fully saturated rings. The van der Waals surface area contributed by atoms with Crippen LogP contribution in [0.15, 0.2) is 36.4 Å². The maximum atomic E-state index is 12.3. The van der Waals surface area contributed by atoms with Crippen LogP contribution < -0.4 is 24.3 Å². The third-order valence-corrected chi connectivity index (χ3v) is 4.46. The van der Waals surface area contributed by atoms with Gasteiger partial charge in [0.15, 0.2) is 18.1 Å². The van der Waals surface area contributed by atoms with Gasteiger partial charge in [-0.05, 0) is 54.3 Å². The first-order chi connectivity index (χ1) is 14.8. The summed E-state index contributed by atoms with van der Waals surface area (Å²) in [6.07, 6.45) is -3.23. The van der Waals surface area contributed by atoms with Crippen LogP contribution in [-0.2, 0) is 17.6 Å². The molecule has 0 unspecified atom stereocenters. The van der Waals surface area contributed by atoms with Gasteiger partial charge in [0, 0.05) is 13.0 Å². The van der Waals surface area contributed by atoms with Crippen LogP contribution in [0.1, 0.15) is 17.5 Å². The van der Waals surface area contributed by atoms with Crippen molar-refractivity contribution in [2.24, 2.45) is 0 Å². The van der Waals surface area contributed by atoms with E-state index in [2.05, 4.69) is 5.32 Å². The molecule has 0 atom stereocenters. The monoisotopic (exact) mass is 441 g/mol. The van der Waals surface area contributed by atoms with Crippen molar-refractivity contribution in [3.05, 3.63) is 47.5 Å². The predicted octanol–water partition coefficient (Wildman–Crippen LogP) is 3.95. The van der Waals surface area contributed by atoms with E-state index in [1.165, 1.54) is 13.2 Å². The summed E-state index contributed by atoms with van der Waals surface area (Å²) < 4.78 is 57.4. The molecule has 0 saturated heterocycles. The standard InChI is InChI=1S/C22H26F3NO5/c1-28-17-6-8-18(29-2)16(13-17)10-11-26-21(27)9-5-15-4-7-19(20(12-15)30-3)31-14-22(23,24)25/h4,6-8,12-13H,5,9-11,14H2,1-3H3,(H,26,27). The van der Waals surface area contributed by atoms with E-state index in [4.69, 9.17) is 18.9 Å². The maximum Gasteiger partial charge on any atom is 0.422 e. The molecule has 0 aliphatic rings. The van der Waals surface area contributed by atoms with Crippen LogP contribution >= 0.6 is 0 Å². The number of hydrogen-bond acceptors (Lipinski definition) is 5. The minimum absolute atomic E-state index is 0.000244. The molecular weight excluding hydrogens is 415 g/mol. The summed E-state index contributed by atoms with van der Waals surface area (Å²) in [6, 6.07) is 10.1. The van der Waals surface area contributed by atoms with Gasteiger partial charge in [0.05, 0.1) is 21.3 Å². The first-order valence-electron chi connectivity index (χ1n) is 9.59. The van der Waals surface area contributed by atoms with Crippen LogP contribution in [0, 0.1) is 0 Å². The van der Waals surface area contributed by atoms with Gasteiger partial charge in [0.25, 0.3) is 0 Å². The fraction of sp³-hybridized carbons (Fsp3) is 0.409. The molecule has 170 valence electrons. The van der Waals surface area contributed by atoms with E-state index in [1.807, 2.05) is 12.1 Å². The normalized spacial score (nSPS) is 11.0. The number of methoxy groups -OCH3 is 3. The fourth-order valence-electron chi connectivity index (χ4n) is 2.91. The van der Waals surface area contributed by atoms with Crippen LogP contribution in [0.4, 0.5) is 13.2 Å². The van der Waals surface area contributed by atoms with Gasteiger partial charge in [0.2, 0.25) is 5.91 Å². The maximum absolute atomic E-state index is 12.3. The van der Waals surface area contributed by atoms with Crippen LogP contribution in [0.5, 0.6) is 23.0 Å². The average Bonchev–Trinajstić information content (AvgIpc) is 2.75. The molecule has 0 radical (unpaired) electrons. The van der Waals surface area contributed by atoms with Crippen molar-refractivity contribution in [3.63, 3.8) is 0 Å². The molecule has 2 aromatic rings. The van der Waals surface area contributed by atoms with Gasteiger partial charge in [-0.25, -0.2) is 0 Å². The highest BCUT2D eigenvalue weighted by Gasteiger charge is 2.29. The van der Waals surface area contributed by atoms with Gasteiger partial charge in [-0.1, -0.05) is 6.07 Å². The second kappa shape index (κ2) is 11.3. The average molecular weight is 441 g/mol. The van der Waals surface area contributed by atoms with Gasteiger partial charge in [-0.2, -0.15) is 13.2 Å². The summed E-state index contributed by atoms with van der Waals surface area (Å²) in [7, 11) is 4.51. The molecule has 1 amide bonds. The molecule has 0 heterocycles. The van der Waals surface area contributed by atoms with E-state index >= 15 is 0 Å². The molecule has 0 saturated carbocycles. The number of aryl methyl sites for hydroxylation is 1. The van der Waals surface area contributed by atoms with Crippen LogP contribution in [0.3, 0.4) is 0 Å². The van der Waals surface area contributed by atoms with Gasteiger partial charge in [0.1, 0.15) is 11.5 Å². The summed E-state index contributed by atoms with van der Waals surface area (Å²) in [6.45, 7) is -0.973. The summed E-state index contributed by atoms with van der Waals surface area (Å²) in [4.78, 5) is 12.2. The number of alkyl halides is 3. The SMILES string of the molecule is COc1ccc(OC)c(CCNC(=O)CCc2ccc(OCC(F)(F)F)c(OC)c2)c1. The first-order valence-corrected chi connectivity index (χ1v) is 9.59. The van der Waals surface area contributed by atoms with Crippen molar-refractivity contribution in [1.82, 2.24) is 5.32 Å². The Balaban J connectivity index is 1.84. The van der Waals surface area contributed by atoms with Gasteiger partial charge in [-0.15, -0.1) is 0 Å². The lowest BCUT2D eigenvalue weighted by Gasteiger charge is -2.13. The number of halogens is 3. The first kappa shape index (κ1) is 24.2. The van der Waals surface area contributed by atoms with Crippen LogP contribution in [-0.4, -0.2) is 46.6 Å². The molecular formula is C22H26F3NO5. The lowest BCUT2D eigenvalue weighted by Crippen LogP contribution is -2.26. The van der Waals surface area contributed by atoms with E-state index in [9.17, 15) is 18.0 Å². The second-order valence-electron chi connectivity index (χ2n) is 6.67. The zero-order chi connectivity index (χ0) is 22.9. The number of carbonyl (C=O) groups excluding carboxylic acids is 1. The third kappa shape index (κ3) is 7.92. The summed E-state index contributed by atoms with van der Waals surface area (Å²) >= 11 is 0. The minimum Gasteiger partial charge on any atom is -0.497 e. The minimum atomic E-state index is -4.43. The summed E-state index contributed by atoms with van der Waals surface area (Å²) in [5, 5.41) is 2.85. The van der Waals surface area contributed by atoms with Crippen molar-refractivity contribution < 1.29 is 36.9 Å². The number of rotatable bonds is 11. The van der Waals surface area contributed by atoms with Crippen molar-refractivity contribution in [2.45, 2.75) is 25.4 Å². The molecule has 31 heavy (non-hydrogen) atoms. The van der Waals surface area contributed by atoms with Crippen LogP contribution in [0.2, 0.25) is 0 Å². The highest BCUT2D eigenvalue weighted by atomic mass is 19.4. The third-order valence-electron chi connectivity index (χ3n) is 4.46. The van der Waals surface area contributed by atoms with Gasteiger partial charge in [-0.3, -0.25) is 4.79 Å². The van der Waals surface area contributed by atoms with E-state index in [-0.39, 0.29) is 23.8 Å². The van der Waals surface area contributed by atoms with Crippen molar-refractivity contribution >= 4 is 5.91 Å². The summed E-state index contributed by atoms with van der Waals surface area (Å²) in [5.41, 5.74) is 1.67. The van der Waals surface area contributed by atoms with Gasteiger partial charge >= 0.3 is 6.18 Å². The highest BCUT2D eigenvalue weighted by Crippen LogP contribution is 2.30. The topological polar surface area (TPSA) is 66.0 Å². The molecule has 0 aromatic heterocycles. The Kier molecular flexibility index (Phi) is 8.84. The number of hydrogen-bond donors (Lipinski definition) is 1. The Morgan fingerprint density at radius 2 is 1.61 bits per heavy atom. The Bertz CT molecular complexity index is 871. The Morgan fingerprint density at radius 1 is 0.903 bits per heavy atom. The molecule has 2 aromatic carbocycles. The summed E-state index contributed by atoms with van der Waals surface area (Å²) in [5.74, 6) is 1.47. The number of carbonyl (C=O) groups is 1. The smallest absolute Gasteiger partial charge is 0.422 e. The number of ether oxygens (including phenoxy) is 4. The highest BCUT2D eigenvalue weighted by molar-refractivity contribution is 5.76. The lowest BCUT2D eigenvalue weighted by molar-refractivity contribution is -0.153. The van der Waals surface area contributed by atoms with E-state index < -0.39 is 12.8 Å². The quantitative estimate of drug-likeness (QED) is 0.572. The van der Waals surface area contributed by atoms with E-state index in [0.29, 0.717) is 25.1 Å².